The van der Waals surface area contributed by atoms with Crippen LogP contribution in [0.4, 0.5) is 0 Å². The maximum atomic E-state index is 12.6. The van der Waals surface area contributed by atoms with Crippen molar-refractivity contribution in [3.63, 3.8) is 0 Å². The summed E-state index contributed by atoms with van der Waals surface area (Å²) in [4.78, 5) is 0.325. The highest BCUT2D eigenvalue weighted by molar-refractivity contribution is 7.89. The highest BCUT2D eigenvalue weighted by atomic mass is 32.2. The fourth-order valence-corrected chi connectivity index (χ4v) is 2.99. The van der Waals surface area contributed by atoms with E-state index >= 15 is 0 Å². The number of unbranched alkanes of at least 4 members (excludes halogenated alkanes) is 1. The van der Waals surface area contributed by atoms with Gasteiger partial charge in [0.15, 0.2) is 0 Å². The third-order valence-corrected chi connectivity index (χ3v) is 4.67. The molecule has 0 aromatic heterocycles. The van der Waals surface area contributed by atoms with Gasteiger partial charge < -0.3 is 0 Å². The largest absolute Gasteiger partial charge is 0.273 e. The van der Waals surface area contributed by atoms with E-state index in [-0.39, 0.29) is 0 Å². The molecule has 4 heteroatoms. The third kappa shape index (κ3) is 4.53. The minimum Gasteiger partial charge on any atom is -0.273 e. The van der Waals surface area contributed by atoms with Crippen LogP contribution < -0.4 is 0 Å². The number of hydrogen-bond acceptors (Lipinski definition) is 2. The first-order chi connectivity index (χ1) is 9.37. The van der Waals surface area contributed by atoms with Crippen molar-refractivity contribution in [2.24, 2.45) is 0 Å². The van der Waals surface area contributed by atoms with Gasteiger partial charge in [-0.2, -0.15) is 0 Å². The molecule has 0 spiro atoms. The lowest BCUT2D eigenvalue weighted by molar-refractivity contribution is 0.486. The van der Waals surface area contributed by atoms with Crippen molar-refractivity contribution in [3.8, 4) is 0 Å². The molecule has 0 saturated carbocycles. The van der Waals surface area contributed by atoms with E-state index < -0.39 is 10.0 Å². The Morgan fingerprint density at radius 1 is 1.30 bits per heavy atom. The first kappa shape index (κ1) is 16.5. The molecule has 0 fully saturated rings. The first-order valence-corrected chi connectivity index (χ1v) is 8.24. The van der Waals surface area contributed by atoms with Crippen molar-refractivity contribution >= 4 is 10.0 Å². The smallest absolute Gasteiger partial charge is 0.263 e. The Hall–Kier alpha value is -1.55. The van der Waals surface area contributed by atoms with Crippen LogP contribution in [0.3, 0.4) is 0 Å². The quantitative estimate of drug-likeness (QED) is 0.716. The Bertz CT molecular complexity index is 571. The number of rotatable bonds is 7. The Morgan fingerprint density at radius 2 is 1.90 bits per heavy atom. The minimum absolute atomic E-state index is 0.325. The summed E-state index contributed by atoms with van der Waals surface area (Å²) in [5.41, 5.74) is 1.87. The van der Waals surface area contributed by atoms with E-state index in [2.05, 4.69) is 6.58 Å². The molecule has 20 heavy (non-hydrogen) atoms. The van der Waals surface area contributed by atoms with Crippen LogP contribution in [0.5, 0.6) is 0 Å². The molecule has 0 aliphatic rings. The van der Waals surface area contributed by atoms with Gasteiger partial charge in [0.2, 0.25) is 0 Å². The second kappa shape index (κ2) is 7.29. The van der Waals surface area contributed by atoms with E-state index in [1.165, 1.54) is 4.31 Å². The molecule has 1 aromatic rings. The molecule has 1 rings (SSSR count). The number of aryl methyl sites for hydroxylation is 1. The van der Waals surface area contributed by atoms with Crippen LogP contribution in [0.2, 0.25) is 0 Å². The molecule has 0 aliphatic carbocycles. The van der Waals surface area contributed by atoms with Gasteiger partial charge in [-0.3, -0.25) is 4.31 Å². The topological polar surface area (TPSA) is 37.4 Å². The van der Waals surface area contributed by atoms with Gasteiger partial charge in [-0.25, -0.2) is 8.42 Å². The fourth-order valence-electron chi connectivity index (χ4n) is 1.64. The highest BCUT2D eigenvalue weighted by Crippen LogP contribution is 2.18. The predicted molar refractivity (Wildman–Crippen MR) is 83.9 cm³/mol. The van der Waals surface area contributed by atoms with Crippen molar-refractivity contribution < 1.29 is 8.42 Å². The summed E-state index contributed by atoms with van der Waals surface area (Å²) in [5, 5.41) is 0. The number of hydrogen-bond donors (Lipinski definition) is 0. The van der Waals surface area contributed by atoms with Gasteiger partial charge in [-0.15, -0.1) is 0 Å². The molecule has 0 radical (unpaired) electrons. The van der Waals surface area contributed by atoms with Gasteiger partial charge in [0.25, 0.3) is 10.0 Å². The van der Waals surface area contributed by atoms with Crippen LogP contribution in [-0.2, 0) is 10.0 Å². The van der Waals surface area contributed by atoms with Crippen molar-refractivity contribution in [1.82, 2.24) is 4.31 Å². The average Bonchev–Trinajstić information content (AvgIpc) is 2.38. The Labute approximate surface area is 122 Å². The molecule has 0 unspecified atom stereocenters. The molecule has 0 saturated heterocycles. The zero-order valence-corrected chi connectivity index (χ0v) is 13.3. The molecular weight excluding hydrogens is 270 g/mol. The number of nitrogens with zero attached hydrogens (tertiary/aromatic N) is 1. The molecule has 0 atom stereocenters. The summed E-state index contributed by atoms with van der Waals surface area (Å²) in [6.45, 7) is 10.1. The lowest BCUT2D eigenvalue weighted by Gasteiger charge is -2.20. The van der Waals surface area contributed by atoms with Crippen molar-refractivity contribution in [1.29, 1.82) is 0 Å². The van der Waals surface area contributed by atoms with Crippen LogP contribution in [-0.4, -0.2) is 19.3 Å². The lowest BCUT2D eigenvalue weighted by Crippen LogP contribution is -2.27. The molecule has 1 aromatic carbocycles. The summed E-state index contributed by atoms with van der Waals surface area (Å²) in [7, 11) is -3.48. The van der Waals surface area contributed by atoms with Gasteiger partial charge in [0, 0.05) is 12.7 Å². The van der Waals surface area contributed by atoms with Crippen LogP contribution in [0.25, 0.3) is 0 Å². The SMILES string of the molecule is C=C(C)/C=C/N(CCCC)S(=O)(=O)c1ccc(C)cc1. The van der Waals surface area contributed by atoms with Crippen molar-refractivity contribution in [2.75, 3.05) is 6.54 Å². The van der Waals surface area contributed by atoms with Crippen LogP contribution in [0, 0.1) is 6.92 Å². The normalized spacial score (nSPS) is 11.8. The van der Waals surface area contributed by atoms with Crippen molar-refractivity contribution in [2.45, 2.75) is 38.5 Å². The molecule has 110 valence electrons. The van der Waals surface area contributed by atoms with Crippen LogP contribution >= 0.6 is 0 Å². The Kier molecular flexibility index (Phi) is 6.02. The average molecular weight is 293 g/mol. The van der Waals surface area contributed by atoms with Gasteiger partial charge >= 0.3 is 0 Å². The monoisotopic (exact) mass is 293 g/mol. The fraction of sp³-hybridized carbons (Fsp3) is 0.375. The molecule has 3 nitrogen and oxygen atoms in total. The second-order valence-corrected chi connectivity index (χ2v) is 6.84. The van der Waals surface area contributed by atoms with E-state index in [9.17, 15) is 8.42 Å². The van der Waals surface area contributed by atoms with Gasteiger partial charge in [0.05, 0.1) is 4.90 Å². The highest BCUT2D eigenvalue weighted by Gasteiger charge is 2.20. The summed E-state index contributed by atoms with van der Waals surface area (Å²) in [5.74, 6) is 0. The molecule has 0 aliphatic heterocycles. The van der Waals surface area contributed by atoms with E-state index in [0.29, 0.717) is 11.4 Å². The molecule has 0 N–H and O–H groups in total. The Morgan fingerprint density at radius 3 is 2.40 bits per heavy atom. The summed E-state index contributed by atoms with van der Waals surface area (Å²) < 4.78 is 26.6. The van der Waals surface area contributed by atoms with Crippen molar-refractivity contribution in [3.05, 3.63) is 54.3 Å². The van der Waals surface area contributed by atoms with Gasteiger partial charge in [-0.1, -0.05) is 43.2 Å². The second-order valence-electron chi connectivity index (χ2n) is 4.94. The summed E-state index contributed by atoms with van der Waals surface area (Å²) in [6, 6.07) is 6.93. The third-order valence-electron chi connectivity index (χ3n) is 2.88. The molecular formula is C16H23NO2S. The Balaban J connectivity index is 3.09. The molecule has 0 amide bonds. The summed E-state index contributed by atoms with van der Waals surface area (Å²) >= 11 is 0. The standard InChI is InChI=1S/C16H23NO2S/c1-5-6-12-17(13-11-14(2)3)20(18,19)16-9-7-15(4)8-10-16/h7-11,13H,2,5-6,12H2,1,3-4H3/b13-11+. The molecule has 0 heterocycles. The maximum Gasteiger partial charge on any atom is 0.263 e. The molecule has 0 bridgehead atoms. The zero-order valence-electron chi connectivity index (χ0n) is 12.5. The minimum atomic E-state index is -3.48. The van der Waals surface area contributed by atoms with Gasteiger partial charge in [0.1, 0.15) is 0 Å². The van der Waals surface area contributed by atoms with E-state index in [0.717, 1.165) is 24.0 Å². The van der Waals surface area contributed by atoms with E-state index in [1.54, 1.807) is 24.4 Å². The van der Waals surface area contributed by atoms with Crippen LogP contribution in [0.15, 0.2) is 53.6 Å². The zero-order chi connectivity index (χ0) is 15.2. The summed E-state index contributed by atoms with van der Waals surface area (Å²) in [6.07, 6.45) is 5.10. The number of sulfonamides is 1. The number of allylic oxidation sites excluding steroid dienone is 2. The lowest BCUT2D eigenvalue weighted by atomic mass is 10.2. The maximum absolute atomic E-state index is 12.6. The van der Waals surface area contributed by atoms with E-state index in [1.807, 2.05) is 32.9 Å². The predicted octanol–water partition coefficient (Wildman–Crippen LogP) is 3.88. The number of benzene rings is 1. The van der Waals surface area contributed by atoms with E-state index in [4.69, 9.17) is 0 Å². The first-order valence-electron chi connectivity index (χ1n) is 6.80. The van der Waals surface area contributed by atoms with Crippen LogP contribution in [0.1, 0.15) is 32.3 Å². The van der Waals surface area contributed by atoms with Gasteiger partial charge in [-0.05, 0) is 38.5 Å².